The van der Waals surface area contributed by atoms with Crippen LogP contribution in [0.2, 0.25) is 0 Å². The van der Waals surface area contributed by atoms with E-state index in [1.54, 1.807) is 0 Å². The molecule has 2 nitrogen and oxygen atoms in total. The number of benzene rings is 1. The quantitative estimate of drug-likeness (QED) is 0.603. The maximum absolute atomic E-state index is 4.63. The molecule has 96 valence electrons. The fourth-order valence-electron chi connectivity index (χ4n) is 2.78. The lowest BCUT2D eigenvalue weighted by molar-refractivity contribution is 1.11. The summed E-state index contributed by atoms with van der Waals surface area (Å²) in [5.74, 6) is 0. The van der Waals surface area contributed by atoms with Gasteiger partial charge >= 0.3 is 0 Å². The maximum Gasteiger partial charge on any atom is 0.0967 e. The highest BCUT2D eigenvalue weighted by atomic mass is 14.7. The molecule has 2 aromatic heterocycles. The molecule has 0 aliphatic rings. The normalized spacial score (nSPS) is 11.4. The lowest BCUT2D eigenvalue weighted by atomic mass is 9.98. The summed E-state index contributed by atoms with van der Waals surface area (Å²) >= 11 is 0. The van der Waals surface area contributed by atoms with Crippen molar-refractivity contribution in [3.63, 3.8) is 0 Å². The molecule has 2 heterocycles. The van der Waals surface area contributed by atoms with Crippen LogP contribution in [-0.4, -0.2) is 9.97 Å². The number of nitrogens with zero attached hydrogens (tertiary/aromatic N) is 2. The van der Waals surface area contributed by atoms with Crippen molar-refractivity contribution in [3.8, 4) is 0 Å². The standard InChI is InChI=1S/C17H18N2/c1-5-13-11(3)9-19-17-15(13)7-6-14-12(4)10(2)8-18-16(14)17/h6-9H,5H2,1-4H3. The molecule has 0 spiro atoms. The third-order valence-corrected chi connectivity index (χ3v) is 4.08. The second-order valence-corrected chi connectivity index (χ2v) is 5.20. The van der Waals surface area contributed by atoms with Crippen LogP contribution >= 0.6 is 0 Å². The van der Waals surface area contributed by atoms with Crippen LogP contribution in [0.25, 0.3) is 21.8 Å². The first kappa shape index (κ1) is 12.1. The molecule has 0 aliphatic heterocycles. The van der Waals surface area contributed by atoms with Crippen molar-refractivity contribution in [2.24, 2.45) is 0 Å². The third kappa shape index (κ3) is 1.71. The number of aryl methyl sites for hydroxylation is 4. The fraction of sp³-hybridized carbons (Fsp3) is 0.294. The highest BCUT2D eigenvalue weighted by Gasteiger charge is 2.10. The van der Waals surface area contributed by atoms with E-state index in [0.717, 1.165) is 17.5 Å². The van der Waals surface area contributed by atoms with E-state index in [1.165, 1.54) is 33.0 Å². The van der Waals surface area contributed by atoms with Crippen molar-refractivity contribution < 1.29 is 0 Å². The minimum Gasteiger partial charge on any atom is -0.254 e. The Kier molecular flexibility index (Phi) is 2.74. The molecule has 0 N–H and O–H groups in total. The van der Waals surface area contributed by atoms with E-state index in [0.29, 0.717) is 0 Å². The molecule has 0 saturated carbocycles. The minimum atomic E-state index is 1.02. The summed E-state index contributed by atoms with van der Waals surface area (Å²) in [4.78, 5) is 9.24. The Labute approximate surface area is 113 Å². The third-order valence-electron chi connectivity index (χ3n) is 4.08. The van der Waals surface area contributed by atoms with Crippen molar-refractivity contribution in [2.75, 3.05) is 0 Å². The second-order valence-electron chi connectivity index (χ2n) is 5.20. The molecular formula is C17H18N2. The summed E-state index contributed by atoms with van der Waals surface area (Å²) in [6, 6.07) is 4.39. The van der Waals surface area contributed by atoms with Gasteiger partial charge in [-0.05, 0) is 49.4 Å². The Balaban J connectivity index is 2.52. The molecule has 0 bridgehead atoms. The lowest BCUT2D eigenvalue weighted by Gasteiger charge is -2.11. The second kappa shape index (κ2) is 4.30. The lowest BCUT2D eigenvalue weighted by Crippen LogP contribution is -1.95. The molecule has 0 fully saturated rings. The molecule has 2 heteroatoms. The zero-order valence-corrected chi connectivity index (χ0v) is 11.9. The molecule has 19 heavy (non-hydrogen) atoms. The first-order valence-electron chi connectivity index (χ1n) is 6.76. The highest BCUT2D eigenvalue weighted by molar-refractivity contribution is 6.05. The van der Waals surface area contributed by atoms with E-state index < -0.39 is 0 Å². The molecule has 0 aliphatic carbocycles. The Hall–Kier alpha value is -1.96. The summed E-state index contributed by atoms with van der Waals surface area (Å²) in [6.45, 7) is 8.58. The monoisotopic (exact) mass is 250 g/mol. The molecular weight excluding hydrogens is 232 g/mol. The largest absolute Gasteiger partial charge is 0.254 e. The number of hydrogen-bond donors (Lipinski definition) is 0. The number of pyridine rings is 2. The van der Waals surface area contributed by atoms with Crippen LogP contribution < -0.4 is 0 Å². The van der Waals surface area contributed by atoms with Gasteiger partial charge in [0.15, 0.2) is 0 Å². The van der Waals surface area contributed by atoms with E-state index in [1.807, 2.05) is 12.4 Å². The maximum atomic E-state index is 4.63. The summed E-state index contributed by atoms with van der Waals surface area (Å²) < 4.78 is 0. The van der Waals surface area contributed by atoms with Crippen LogP contribution in [-0.2, 0) is 6.42 Å². The Morgan fingerprint density at radius 1 is 0.842 bits per heavy atom. The predicted octanol–water partition coefficient (Wildman–Crippen LogP) is 4.27. The van der Waals surface area contributed by atoms with Gasteiger partial charge in [-0.15, -0.1) is 0 Å². The van der Waals surface area contributed by atoms with Gasteiger partial charge in [-0.25, -0.2) is 0 Å². The summed E-state index contributed by atoms with van der Waals surface area (Å²) in [5, 5.41) is 2.46. The highest BCUT2D eigenvalue weighted by Crippen LogP contribution is 2.29. The van der Waals surface area contributed by atoms with Gasteiger partial charge in [0.25, 0.3) is 0 Å². The number of rotatable bonds is 1. The van der Waals surface area contributed by atoms with Crippen molar-refractivity contribution in [3.05, 3.63) is 46.8 Å². The van der Waals surface area contributed by atoms with Crippen molar-refractivity contribution in [1.29, 1.82) is 0 Å². The Morgan fingerprint density at radius 2 is 1.42 bits per heavy atom. The predicted molar refractivity (Wildman–Crippen MR) is 80.6 cm³/mol. The van der Waals surface area contributed by atoms with Gasteiger partial charge < -0.3 is 0 Å². The molecule has 1 aromatic carbocycles. The first-order chi connectivity index (χ1) is 9.13. The molecule has 3 rings (SSSR count). The SMILES string of the molecule is CCc1c(C)cnc2c1ccc1c(C)c(C)cnc12. The van der Waals surface area contributed by atoms with E-state index >= 15 is 0 Å². The Bertz CT molecular complexity index is 788. The molecule has 0 unspecified atom stereocenters. The van der Waals surface area contributed by atoms with Gasteiger partial charge in [0, 0.05) is 23.2 Å². The van der Waals surface area contributed by atoms with Gasteiger partial charge in [-0.3, -0.25) is 9.97 Å². The topological polar surface area (TPSA) is 25.8 Å². The summed E-state index contributed by atoms with van der Waals surface area (Å²) in [6.07, 6.45) is 4.95. The molecule has 0 amide bonds. The molecule has 0 saturated heterocycles. The zero-order chi connectivity index (χ0) is 13.6. The van der Waals surface area contributed by atoms with Gasteiger partial charge in [-0.1, -0.05) is 19.1 Å². The fourth-order valence-corrected chi connectivity index (χ4v) is 2.78. The van der Waals surface area contributed by atoms with Gasteiger partial charge in [0.2, 0.25) is 0 Å². The van der Waals surface area contributed by atoms with Crippen LogP contribution in [0, 0.1) is 20.8 Å². The smallest absolute Gasteiger partial charge is 0.0967 e. The minimum absolute atomic E-state index is 1.02. The van der Waals surface area contributed by atoms with E-state index in [9.17, 15) is 0 Å². The van der Waals surface area contributed by atoms with E-state index in [2.05, 4.69) is 49.8 Å². The zero-order valence-electron chi connectivity index (χ0n) is 11.9. The molecule has 0 radical (unpaired) electrons. The number of hydrogen-bond acceptors (Lipinski definition) is 2. The average molecular weight is 250 g/mol. The van der Waals surface area contributed by atoms with Crippen LogP contribution in [0.15, 0.2) is 24.5 Å². The van der Waals surface area contributed by atoms with Gasteiger partial charge in [-0.2, -0.15) is 0 Å². The van der Waals surface area contributed by atoms with E-state index in [4.69, 9.17) is 0 Å². The van der Waals surface area contributed by atoms with Gasteiger partial charge in [0.05, 0.1) is 11.0 Å². The first-order valence-corrected chi connectivity index (χ1v) is 6.76. The Morgan fingerprint density at radius 3 is 2.11 bits per heavy atom. The molecule has 3 aromatic rings. The number of fused-ring (bicyclic) bond motifs is 3. The summed E-state index contributed by atoms with van der Waals surface area (Å²) in [7, 11) is 0. The van der Waals surface area contributed by atoms with Crippen LogP contribution in [0.5, 0.6) is 0 Å². The number of aromatic nitrogens is 2. The van der Waals surface area contributed by atoms with Crippen molar-refractivity contribution in [2.45, 2.75) is 34.1 Å². The average Bonchev–Trinajstić information content (AvgIpc) is 2.42. The van der Waals surface area contributed by atoms with Gasteiger partial charge in [0.1, 0.15) is 0 Å². The van der Waals surface area contributed by atoms with Crippen LogP contribution in [0.1, 0.15) is 29.2 Å². The van der Waals surface area contributed by atoms with Crippen molar-refractivity contribution in [1.82, 2.24) is 9.97 Å². The molecule has 0 atom stereocenters. The summed E-state index contributed by atoms with van der Waals surface area (Å²) in [5.41, 5.74) is 7.23. The van der Waals surface area contributed by atoms with Crippen molar-refractivity contribution >= 4 is 21.8 Å². The van der Waals surface area contributed by atoms with Crippen LogP contribution in [0.3, 0.4) is 0 Å². The van der Waals surface area contributed by atoms with E-state index in [-0.39, 0.29) is 0 Å². The van der Waals surface area contributed by atoms with Crippen LogP contribution in [0.4, 0.5) is 0 Å².